The molecule has 0 spiro atoms. The van der Waals surface area contributed by atoms with Crippen LogP contribution in [0.3, 0.4) is 0 Å². The second-order valence-corrected chi connectivity index (χ2v) is 5.75. The third-order valence-corrected chi connectivity index (χ3v) is 4.11. The number of piperidine rings is 1. The van der Waals surface area contributed by atoms with Gasteiger partial charge in [-0.25, -0.2) is 4.79 Å². The average molecular weight is 297 g/mol. The molecule has 2 fully saturated rings. The predicted molar refractivity (Wildman–Crippen MR) is 75.7 cm³/mol. The smallest absolute Gasteiger partial charge is 0.320 e. The number of amides is 3. The molecule has 7 heteroatoms. The van der Waals surface area contributed by atoms with Crippen molar-refractivity contribution in [2.24, 2.45) is 5.92 Å². The molecule has 1 atom stereocenters. The minimum atomic E-state index is -0.893. The highest BCUT2D eigenvalue weighted by atomic mass is 16.4. The van der Waals surface area contributed by atoms with Crippen molar-refractivity contribution in [2.45, 2.75) is 38.1 Å². The maximum Gasteiger partial charge on any atom is 0.320 e. The maximum atomic E-state index is 12.6. The Morgan fingerprint density at radius 2 is 2.00 bits per heavy atom. The van der Waals surface area contributed by atoms with Crippen LogP contribution in [0.1, 0.15) is 32.1 Å². The molecule has 2 aliphatic rings. The fourth-order valence-electron chi connectivity index (χ4n) is 2.79. The van der Waals surface area contributed by atoms with Crippen LogP contribution in [0, 0.1) is 5.92 Å². The first-order valence-corrected chi connectivity index (χ1v) is 7.52. The Kier molecular flexibility index (Phi) is 5.03. The molecular formula is C14H23N3O4. The number of nitrogens with zero attached hydrogens (tertiary/aromatic N) is 2. The number of rotatable bonds is 5. The Labute approximate surface area is 124 Å². The normalized spacial score (nSPS) is 21.8. The number of hydrogen-bond acceptors (Lipinski definition) is 3. The molecular weight excluding hydrogens is 274 g/mol. The van der Waals surface area contributed by atoms with E-state index >= 15 is 0 Å². The van der Waals surface area contributed by atoms with Crippen molar-refractivity contribution in [3.63, 3.8) is 0 Å². The van der Waals surface area contributed by atoms with Crippen LogP contribution in [0.4, 0.5) is 4.79 Å². The molecule has 0 bridgehead atoms. The van der Waals surface area contributed by atoms with Gasteiger partial charge in [0, 0.05) is 32.7 Å². The first-order chi connectivity index (χ1) is 10.0. The largest absolute Gasteiger partial charge is 0.481 e. The van der Waals surface area contributed by atoms with E-state index in [4.69, 9.17) is 5.11 Å². The topological polar surface area (TPSA) is 90.0 Å². The van der Waals surface area contributed by atoms with Crippen molar-refractivity contribution in [2.75, 3.05) is 26.7 Å². The summed E-state index contributed by atoms with van der Waals surface area (Å²) in [7, 11) is 1.60. The highest BCUT2D eigenvalue weighted by molar-refractivity contribution is 5.81. The van der Waals surface area contributed by atoms with Gasteiger partial charge in [0.2, 0.25) is 5.91 Å². The maximum absolute atomic E-state index is 12.6. The summed E-state index contributed by atoms with van der Waals surface area (Å²) in [5, 5.41) is 11.4. The number of carbonyl (C=O) groups excluding carboxylic acids is 2. The molecule has 1 heterocycles. The van der Waals surface area contributed by atoms with Gasteiger partial charge >= 0.3 is 12.0 Å². The van der Waals surface area contributed by atoms with Crippen LogP contribution in [0.5, 0.6) is 0 Å². The van der Waals surface area contributed by atoms with Gasteiger partial charge in [0.25, 0.3) is 0 Å². The summed E-state index contributed by atoms with van der Waals surface area (Å²) < 4.78 is 0. The highest BCUT2D eigenvalue weighted by Gasteiger charge is 2.37. The lowest BCUT2D eigenvalue weighted by Crippen LogP contribution is -2.51. The minimum Gasteiger partial charge on any atom is -0.481 e. The molecule has 118 valence electrons. The molecule has 1 aliphatic carbocycles. The highest BCUT2D eigenvalue weighted by Crippen LogP contribution is 2.29. The van der Waals surface area contributed by atoms with Gasteiger partial charge in [0.1, 0.15) is 0 Å². The van der Waals surface area contributed by atoms with E-state index in [9.17, 15) is 14.4 Å². The van der Waals surface area contributed by atoms with Gasteiger partial charge in [0.05, 0.1) is 12.3 Å². The summed E-state index contributed by atoms with van der Waals surface area (Å²) in [4.78, 5) is 38.4. The van der Waals surface area contributed by atoms with E-state index in [1.165, 1.54) is 0 Å². The summed E-state index contributed by atoms with van der Waals surface area (Å²) in [5.74, 6) is -1.08. The number of urea groups is 1. The van der Waals surface area contributed by atoms with Gasteiger partial charge in [-0.3, -0.25) is 9.59 Å². The summed E-state index contributed by atoms with van der Waals surface area (Å²) in [6.07, 6.45) is 3.45. The van der Waals surface area contributed by atoms with Gasteiger partial charge < -0.3 is 20.2 Å². The van der Waals surface area contributed by atoms with E-state index < -0.39 is 5.97 Å². The minimum absolute atomic E-state index is 0.0315. The number of hydrogen-bond donors (Lipinski definition) is 2. The van der Waals surface area contributed by atoms with E-state index in [1.807, 2.05) is 0 Å². The van der Waals surface area contributed by atoms with Gasteiger partial charge in [-0.15, -0.1) is 0 Å². The molecule has 2 rings (SSSR count). The molecule has 0 aromatic heterocycles. The summed E-state index contributed by atoms with van der Waals surface area (Å²) >= 11 is 0. The first-order valence-electron chi connectivity index (χ1n) is 7.52. The molecule has 0 aromatic carbocycles. The second kappa shape index (κ2) is 6.78. The number of aliphatic carboxylic acids is 1. The fourth-order valence-corrected chi connectivity index (χ4v) is 2.79. The Bertz CT molecular complexity index is 422. The average Bonchev–Trinajstić information content (AvgIpc) is 3.31. The second-order valence-electron chi connectivity index (χ2n) is 5.75. The molecule has 2 N–H and O–H groups in total. The summed E-state index contributed by atoms with van der Waals surface area (Å²) in [6, 6.07) is 0.0598. The lowest BCUT2D eigenvalue weighted by Gasteiger charge is -2.36. The standard InChI is InChI=1S/C14H23N3O4/c1-15-13(20)10-3-2-7-16(9-10)14(21)17(11-4-5-11)8-6-12(18)19/h10-11H,2-9H2,1H3,(H,15,20)(H,18,19). The zero-order valence-corrected chi connectivity index (χ0v) is 12.4. The van der Waals surface area contributed by atoms with Crippen molar-refractivity contribution >= 4 is 17.9 Å². The van der Waals surface area contributed by atoms with Crippen molar-refractivity contribution < 1.29 is 19.5 Å². The third kappa shape index (κ3) is 4.09. The number of nitrogens with one attached hydrogen (secondary N) is 1. The molecule has 21 heavy (non-hydrogen) atoms. The van der Waals surface area contributed by atoms with Gasteiger partial charge in [-0.2, -0.15) is 0 Å². The van der Waals surface area contributed by atoms with E-state index in [1.54, 1.807) is 16.8 Å². The van der Waals surface area contributed by atoms with Crippen LogP contribution in [-0.4, -0.2) is 65.5 Å². The first kappa shape index (κ1) is 15.6. The SMILES string of the molecule is CNC(=O)C1CCCN(C(=O)N(CCC(=O)O)C2CC2)C1. The van der Waals surface area contributed by atoms with Gasteiger partial charge in [-0.1, -0.05) is 0 Å². The zero-order valence-electron chi connectivity index (χ0n) is 12.4. The Morgan fingerprint density at radius 3 is 2.57 bits per heavy atom. The molecule has 0 aromatic rings. The predicted octanol–water partition coefficient (Wildman–Crippen LogP) is 0.504. The lowest BCUT2D eigenvalue weighted by atomic mass is 9.97. The van der Waals surface area contributed by atoms with Crippen LogP contribution in [0.15, 0.2) is 0 Å². The van der Waals surface area contributed by atoms with E-state index in [0.29, 0.717) is 13.1 Å². The van der Waals surface area contributed by atoms with Crippen LogP contribution < -0.4 is 5.32 Å². The Morgan fingerprint density at radius 1 is 1.29 bits per heavy atom. The Hall–Kier alpha value is -1.79. The van der Waals surface area contributed by atoms with E-state index in [0.717, 1.165) is 25.7 Å². The fraction of sp³-hybridized carbons (Fsp3) is 0.786. The molecule has 7 nitrogen and oxygen atoms in total. The van der Waals surface area contributed by atoms with Crippen molar-refractivity contribution in [3.8, 4) is 0 Å². The van der Waals surface area contributed by atoms with Crippen LogP contribution in [-0.2, 0) is 9.59 Å². The van der Waals surface area contributed by atoms with E-state index in [-0.39, 0.29) is 36.9 Å². The number of likely N-dealkylation sites (tertiary alicyclic amines) is 1. The van der Waals surface area contributed by atoms with Gasteiger partial charge in [-0.05, 0) is 25.7 Å². The molecule has 1 saturated carbocycles. The number of carbonyl (C=O) groups is 3. The molecule has 0 radical (unpaired) electrons. The number of carboxylic acid groups (broad SMARTS) is 1. The lowest BCUT2D eigenvalue weighted by molar-refractivity contribution is -0.137. The van der Waals surface area contributed by atoms with Crippen molar-refractivity contribution in [1.82, 2.24) is 15.1 Å². The quantitative estimate of drug-likeness (QED) is 0.773. The van der Waals surface area contributed by atoms with Crippen LogP contribution in [0.25, 0.3) is 0 Å². The van der Waals surface area contributed by atoms with Crippen molar-refractivity contribution in [3.05, 3.63) is 0 Å². The van der Waals surface area contributed by atoms with Crippen LogP contribution in [0.2, 0.25) is 0 Å². The molecule has 3 amide bonds. The van der Waals surface area contributed by atoms with Crippen molar-refractivity contribution in [1.29, 1.82) is 0 Å². The van der Waals surface area contributed by atoms with Gasteiger partial charge in [0.15, 0.2) is 0 Å². The van der Waals surface area contributed by atoms with Crippen LogP contribution >= 0.6 is 0 Å². The summed E-state index contributed by atoms with van der Waals surface area (Å²) in [5.41, 5.74) is 0. The zero-order chi connectivity index (χ0) is 15.4. The molecule has 1 aliphatic heterocycles. The molecule has 1 saturated heterocycles. The Balaban J connectivity index is 1.95. The monoisotopic (exact) mass is 297 g/mol. The third-order valence-electron chi connectivity index (χ3n) is 4.11. The molecule has 1 unspecified atom stereocenters. The number of carboxylic acids is 1. The van der Waals surface area contributed by atoms with E-state index in [2.05, 4.69) is 5.32 Å². The summed E-state index contributed by atoms with van der Waals surface area (Å²) in [6.45, 7) is 1.32.